The molecule has 1 atom stereocenters. The third-order valence-corrected chi connectivity index (χ3v) is 5.87. The molecule has 1 aromatic carbocycles. The summed E-state index contributed by atoms with van der Waals surface area (Å²) in [7, 11) is -3.69. The number of nitrogens with one attached hydrogen (secondary N) is 1. The van der Waals surface area contributed by atoms with Gasteiger partial charge in [0, 0.05) is 11.7 Å². The molecular weight excluding hydrogens is 328 g/mol. The Labute approximate surface area is 134 Å². The van der Waals surface area contributed by atoms with Crippen LogP contribution in [-0.2, 0) is 16.4 Å². The van der Waals surface area contributed by atoms with Gasteiger partial charge in [-0.1, -0.05) is 11.6 Å². The van der Waals surface area contributed by atoms with Crippen molar-refractivity contribution in [2.24, 2.45) is 0 Å². The zero-order valence-electron chi connectivity index (χ0n) is 11.8. The zero-order chi connectivity index (χ0) is 15.6. The average molecular weight is 345 g/mol. The normalized spacial score (nSPS) is 13.3. The minimum absolute atomic E-state index is 0.0180. The van der Waals surface area contributed by atoms with E-state index in [0.29, 0.717) is 12.1 Å². The number of sulfonamides is 1. The van der Waals surface area contributed by atoms with Crippen LogP contribution < -0.4 is 10.5 Å². The van der Waals surface area contributed by atoms with Gasteiger partial charge in [-0.2, -0.15) is 11.3 Å². The fourth-order valence-electron chi connectivity index (χ4n) is 2.01. The van der Waals surface area contributed by atoms with Crippen LogP contribution >= 0.6 is 22.9 Å². The van der Waals surface area contributed by atoms with Gasteiger partial charge in [0.1, 0.15) is 4.90 Å². The molecule has 21 heavy (non-hydrogen) atoms. The number of anilines is 1. The fraction of sp³-hybridized carbons (Fsp3) is 0.286. The predicted molar refractivity (Wildman–Crippen MR) is 88.4 cm³/mol. The van der Waals surface area contributed by atoms with E-state index in [4.69, 9.17) is 17.3 Å². The molecule has 0 saturated carbocycles. The van der Waals surface area contributed by atoms with Gasteiger partial charge in [-0.25, -0.2) is 13.1 Å². The lowest BCUT2D eigenvalue weighted by molar-refractivity contribution is 0.560. The maximum atomic E-state index is 12.4. The van der Waals surface area contributed by atoms with Gasteiger partial charge in [-0.15, -0.1) is 0 Å². The molecule has 0 aliphatic rings. The minimum atomic E-state index is -3.69. The largest absolute Gasteiger partial charge is 0.398 e. The van der Waals surface area contributed by atoms with E-state index in [1.807, 2.05) is 23.8 Å². The van der Waals surface area contributed by atoms with E-state index in [9.17, 15) is 8.42 Å². The van der Waals surface area contributed by atoms with Gasteiger partial charge in [0.25, 0.3) is 0 Å². The molecule has 114 valence electrons. The van der Waals surface area contributed by atoms with Crippen molar-refractivity contribution in [2.75, 3.05) is 5.73 Å². The molecule has 0 bridgehead atoms. The molecule has 4 nitrogen and oxygen atoms in total. The standard InChI is InChI=1S/C14H17ClN2O2S2/c1-9-5-12(15)14(7-13(9)16)21(18,19)17-10(2)6-11-3-4-20-8-11/h3-5,7-8,10,17H,6,16H2,1-2H3. The maximum Gasteiger partial charge on any atom is 0.242 e. The van der Waals surface area contributed by atoms with Gasteiger partial charge < -0.3 is 5.73 Å². The van der Waals surface area contributed by atoms with Gasteiger partial charge >= 0.3 is 0 Å². The van der Waals surface area contributed by atoms with E-state index in [1.165, 1.54) is 6.07 Å². The first-order chi connectivity index (χ1) is 9.79. The molecule has 2 rings (SSSR count). The highest BCUT2D eigenvalue weighted by molar-refractivity contribution is 7.89. The molecule has 2 aromatic rings. The van der Waals surface area contributed by atoms with Crippen molar-refractivity contribution in [3.05, 3.63) is 45.1 Å². The lowest BCUT2D eigenvalue weighted by Crippen LogP contribution is -2.34. The first kappa shape index (κ1) is 16.3. The molecule has 0 aliphatic carbocycles. The predicted octanol–water partition coefficient (Wildman–Crippen LogP) is 3.20. The molecule has 0 spiro atoms. The Bertz CT molecular complexity index is 728. The summed E-state index contributed by atoms with van der Waals surface area (Å²) >= 11 is 7.63. The molecule has 7 heteroatoms. The molecule has 1 heterocycles. The van der Waals surface area contributed by atoms with E-state index in [-0.39, 0.29) is 16.0 Å². The number of hydrogen-bond donors (Lipinski definition) is 2. The highest BCUT2D eigenvalue weighted by Crippen LogP contribution is 2.27. The summed E-state index contributed by atoms with van der Waals surface area (Å²) in [5.74, 6) is 0. The molecule has 0 aliphatic heterocycles. The molecule has 0 saturated heterocycles. The summed E-state index contributed by atoms with van der Waals surface area (Å²) in [6.07, 6.45) is 0.627. The van der Waals surface area contributed by atoms with Gasteiger partial charge in [-0.3, -0.25) is 0 Å². The first-order valence-corrected chi connectivity index (χ1v) is 9.19. The fourth-order valence-corrected chi connectivity index (χ4v) is 4.55. The second-order valence-corrected chi connectivity index (χ2v) is 7.87. The van der Waals surface area contributed by atoms with Gasteiger partial charge in [0.2, 0.25) is 10.0 Å². The van der Waals surface area contributed by atoms with Crippen molar-refractivity contribution in [3.63, 3.8) is 0 Å². The van der Waals surface area contributed by atoms with Crippen LogP contribution in [0.5, 0.6) is 0 Å². The second-order valence-electron chi connectivity index (χ2n) is 5.00. The van der Waals surface area contributed by atoms with Crippen molar-refractivity contribution in [1.82, 2.24) is 4.72 Å². The van der Waals surface area contributed by atoms with E-state index in [2.05, 4.69) is 4.72 Å². The number of thiophene rings is 1. The van der Waals surface area contributed by atoms with Crippen LogP contribution in [-0.4, -0.2) is 14.5 Å². The second kappa shape index (κ2) is 6.36. The van der Waals surface area contributed by atoms with E-state index < -0.39 is 10.0 Å². The highest BCUT2D eigenvalue weighted by atomic mass is 35.5. The molecule has 0 radical (unpaired) electrons. The third kappa shape index (κ3) is 3.97. The average Bonchev–Trinajstić information content (AvgIpc) is 2.85. The van der Waals surface area contributed by atoms with Crippen LogP contribution in [0.3, 0.4) is 0 Å². The lowest BCUT2D eigenvalue weighted by atomic mass is 10.1. The Morgan fingerprint density at radius 2 is 2.14 bits per heavy atom. The monoisotopic (exact) mass is 344 g/mol. The molecule has 3 N–H and O–H groups in total. The Morgan fingerprint density at radius 1 is 1.43 bits per heavy atom. The van der Waals surface area contributed by atoms with Crippen LogP contribution in [0.1, 0.15) is 18.1 Å². The van der Waals surface area contributed by atoms with E-state index in [1.54, 1.807) is 24.3 Å². The van der Waals surface area contributed by atoms with Crippen LogP contribution in [0.15, 0.2) is 33.9 Å². The number of aryl methyl sites for hydroxylation is 1. The minimum Gasteiger partial charge on any atom is -0.398 e. The number of benzene rings is 1. The Balaban J connectivity index is 2.20. The first-order valence-electron chi connectivity index (χ1n) is 6.38. The molecule has 0 amide bonds. The van der Waals surface area contributed by atoms with Crippen LogP contribution in [0.25, 0.3) is 0 Å². The van der Waals surface area contributed by atoms with Crippen LogP contribution in [0, 0.1) is 6.92 Å². The summed E-state index contributed by atoms with van der Waals surface area (Å²) < 4.78 is 27.4. The summed E-state index contributed by atoms with van der Waals surface area (Å²) in [5, 5.41) is 4.15. The molecular formula is C14H17ClN2O2S2. The van der Waals surface area contributed by atoms with E-state index in [0.717, 1.165) is 11.1 Å². The smallest absolute Gasteiger partial charge is 0.242 e. The molecule has 1 aromatic heterocycles. The van der Waals surface area contributed by atoms with Crippen molar-refractivity contribution in [2.45, 2.75) is 31.2 Å². The van der Waals surface area contributed by atoms with Gasteiger partial charge in [0.05, 0.1) is 5.02 Å². The van der Waals surface area contributed by atoms with Crippen molar-refractivity contribution in [3.8, 4) is 0 Å². The number of halogens is 1. The Morgan fingerprint density at radius 3 is 2.76 bits per heavy atom. The third-order valence-electron chi connectivity index (χ3n) is 3.09. The quantitative estimate of drug-likeness (QED) is 0.818. The van der Waals surface area contributed by atoms with Crippen LogP contribution in [0.4, 0.5) is 5.69 Å². The van der Waals surface area contributed by atoms with E-state index >= 15 is 0 Å². The number of rotatable bonds is 5. The SMILES string of the molecule is Cc1cc(Cl)c(S(=O)(=O)NC(C)Cc2ccsc2)cc1N. The van der Waals surface area contributed by atoms with Crippen molar-refractivity contribution in [1.29, 1.82) is 0 Å². The number of hydrogen-bond acceptors (Lipinski definition) is 4. The lowest BCUT2D eigenvalue weighted by Gasteiger charge is -2.15. The van der Waals surface area contributed by atoms with Crippen molar-refractivity contribution >= 4 is 38.6 Å². The summed E-state index contributed by atoms with van der Waals surface area (Å²) in [5.41, 5.74) is 8.04. The van der Waals surface area contributed by atoms with Crippen molar-refractivity contribution < 1.29 is 8.42 Å². The topological polar surface area (TPSA) is 72.2 Å². The number of nitrogens with two attached hydrogens (primary N) is 1. The molecule has 0 fully saturated rings. The Hall–Kier alpha value is -1.08. The summed E-state index contributed by atoms with van der Waals surface area (Å²) in [6, 6.07) is 4.71. The highest BCUT2D eigenvalue weighted by Gasteiger charge is 2.21. The Kier molecular flexibility index (Phi) is 4.93. The summed E-state index contributed by atoms with van der Waals surface area (Å²) in [4.78, 5) is 0.0180. The van der Waals surface area contributed by atoms with Gasteiger partial charge in [-0.05, 0) is 60.4 Å². The van der Waals surface area contributed by atoms with Crippen LogP contribution in [0.2, 0.25) is 5.02 Å². The zero-order valence-corrected chi connectivity index (χ0v) is 14.1. The number of nitrogen functional groups attached to an aromatic ring is 1. The maximum absolute atomic E-state index is 12.4. The summed E-state index contributed by atoms with van der Waals surface area (Å²) in [6.45, 7) is 3.60. The molecule has 1 unspecified atom stereocenters. The van der Waals surface area contributed by atoms with Gasteiger partial charge in [0.15, 0.2) is 0 Å².